The highest BCUT2D eigenvalue weighted by atomic mass is 19.1. The van der Waals surface area contributed by atoms with E-state index in [1.165, 1.54) is 6.07 Å². The van der Waals surface area contributed by atoms with Crippen molar-refractivity contribution < 1.29 is 13.5 Å². The Hall–Kier alpha value is -2.01. The molecule has 0 amide bonds. The molecule has 2 aromatic rings. The molecule has 2 rings (SSSR count). The minimum absolute atomic E-state index is 0.0629. The number of rotatable bonds is 4. The molecule has 0 radical (unpaired) electrons. The molecule has 0 unspecified atom stereocenters. The lowest BCUT2D eigenvalue weighted by Gasteiger charge is -2.08. The van der Waals surface area contributed by atoms with E-state index in [0.717, 1.165) is 17.7 Å². The summed E-state index contributed by atoms with van der Waals surface area (Å²) in [5, 5.41) is 0. The van der Waals surface area contributed by atoms with E-state index in [2.05, 4.69) is 4.98 Å². The fraction of sp³-hybridized carbons (Fsp3) is 0.154. The molecule has 5 heteroatoms. The van der Waals surface area contributed by atoms with Crippen LogP contribution in [0.15, 0.2) is 36.5 Å². The molecule has 0 aliphatic heterocycles. The molecule has 0 spiro atoms. The summed E-state index contributed by atoms with van der Waals surface area (Å²) in [6.45, 7) is 0.370. The topological polar surface area (TPSA) is 48.1 Å². The van der Waals surface area contributed by atoms with Crippen LogP contribution in [0.5, 0.6) is 5.75 Å². The maximum absolute atomic E-state index is 13.3. The average molecular weight is 250 g/mol. The summed E-state index contributed by atoms with van der Waals surface area (Å²) in [5.41, 5.74) is 6.91. The molecule has 1 aromatic carbocycles. The van der Waals surface area contributed by atoms with Crippen molar-refractivity contribution in [3.8, 4) is 5.75 Å². The zero-order chi connectivity index (χ0) is 13.0. The van der Waals surface area contributed by atoms with Crippen molar-refractivity contribution in [1.82, 2.24) is 4.98 Å². The van der Waals surface area contributed by atoms with Gasteiger partial charge in [-0.3, -0.25) is 4.98 Å². The molecule has 0 bridgehead atoms. The van der Waals surface area contributed by atoms with Gasteiger partial charge in [-0.1, -0.05) is 6.07 Å². The van der Waals surface area contributed by atoms with E-state index < -0.39 is 11.6 Å². The van der Waals surface area contributed by atoms with E-state index in [9.17, 15) is 8.78 Å². The lowest BCUT2D eigenvalue weighted by molar-refractivity contribution is 0.274. The number of nitrogens with two attached hydrogens (primary N) is 1. The Morgan fingerprint density at radius 3 is 2.56 bits per heavy atom. The fourth-order valence-corrected chi connectivity index (χ4v) is 1.51. The second-order valence-electron chi connectivity index (χ2n) is 3.70. The Morgan fingerprint density at radius 2 is 1.89 bits per heavy atom. The third kappa shape index (κ3) is 2.81. The predicted octanol–water partition coefficient (Wildman–Crippen LogP) is 2.40. The Labute approximate surface area is 103 Å². The first-order valence-electron chi connectivity index (χ1n) is 5.41. The number of para-hydroxylation sites is 1. The Bertz CT molecular complexity index is 526. The molecule has 0 atom stereocenters. The molecule has 3 nitrogen and oxygen atoms in total. The molecule has 1 heterocycles. The number of hydrogen-bond acceptors (Lipinski definition) is 3. The van der Waals surface area contributed by atoms with E-state index >= 15 is 0 Å². The van der Waals surface area contributed by atoms with Crippen LogP contribution in [0, 0.1) is 11.6 Å². The predicted molar refractivity (Wildman–Crippen MR) is 62.8 cm³/mol. The smallest absolute Gasteiger partial charge is 0.191 e. The number of halogens is 2. The van der Waals surface area contributed by atoms with Crippen molar-refractivity contribution in [1.29, 1.82) is 0 Å². The molecular weight excluding hydrogens is 238 g/mol. The Balaban J connectivity index is 2.11. The van der Waals surface area contributed by atoms with Crippen molar-refractivity contribution in [2.45, 2.75) is 13.2 Å². The monoisotopic (exact) mass is 250 g/mol. The summed E-state index contributed by atoms with van der Waals surface area (Å²) in [7, 11) is 0. The Morgan fingerprint density at radius 1 is 1.17 bits per heavy atom. The molecule has 0 aliphatic carbocycles. The lowest BCUT2D eigenvalue weighted by Crippen LogP contribution is -2.03. The lowest BCUT2D eigenvalue weighted by atomic mass is 10.2. The second-order valence-corrected chi connectivity index (χ2v) is 3.70. The van der Waals surface area contributed by atoms with Gasteiger partial charge in [-0.25, -0.2) is 8.78 Å². The molecule has 18 heavy (non-hydrogen) atoms. The van der Waals surface area contributed by atoms with Crippen molar-refractivity contribution in [3.05, 3.63) is 59.4 Å². The third-order valence-corrected chi connectivity index (χ3v) is 2.39. The van der Waals surface area contributed by atoms with Crippen LogP contribution in [0.25, 0.3) is 0 Å². The summed E-state index contributed by atoms with van der Waals surface area (Å²) in [6.07, 6.45) is 1.58. The van der Waals surface area contributed by atoms with Crippen LogP contribution in [-0.2, 0) is 13.2 Å². The summed E-state index contributed by atoms with van der Waals surface area (Å²) in [4.78, 5) is 4.02. The van der Waals surface area contributed by atoms with Gasteiger partial charge in [0.1, 0.15) is 6.61 Å². The average Bonchev–Trinajstić information content (AvgIpc) is 2.38. The summed E-state index contributed by atoms with van der Waals surface area (Å²) in [5.74, 6) is -1.81. The first-order chi connectivity index (χ1) is 8.70. The molecule has 1 aromatic heterocycles. The first kappa shape index (κ1) is 12.4. The molecule has 0 saturated heterocycles. The number of benzene rings is 1. The van der Waals surface area contributed by atoms with Gasteiger partial charge in [0.25, 0.3) is 0 Å². The zero-order valence-corrected chi connectivity index (χ0v) is 9.57. The Kier molecular flexibility index (Phi) is 3.84. The van der Waals surface area contributed by atoms with Crippen LogP contribution in [0.1, 0.15) is 11.3 Å². The normalized spacial score (nSPS) is 10.4. The number of aromatic nitrogens is 1. The number of pyridine rings is 1. The van der Waals surface area contributed by atoms with E-state index in [1.807, 2.05) is 0 Å². The summed E-state index contributed by atoms with van der Waals surface area (Å²) < 4.78 is 31.7. The second kappa shape index (κ2) is 5.55. The van der Waals surface area contributed by atoms with Gasteiger partial charge >= 0.3 is 0 Å². The molecule has 2 N–H and O–H groups in total. The van der Waals surface area contributed by atoms with Gasteiger partial charge in [-0.15, -0.1) is 0 Å². The van der Waals surface area contributed by atoms with Gasteiger partial charge in [0.15, 0.2) is 17.4 Å². The van der Waals surface area contributed by atoms with E-state index in [-0.39, 0.29) is 12.4 Å². The fourth-order valence-electron chi connectivity index (χ4n) is 1.51. The minimum Gasteiger partial charge on any atom is -0.483 e. The number of hydrogen-bond donors (Lipinski definition) is 1. The van der Waals surface area contributed by atoms with Gasteiger partial charge in [0.05, 0.1) is 5.69 Å². The van der Waals surface area contributed by atoms with Gasteiger partial charge in [-0.2, -0.15) is 0 Å². The van der Waals surface area contributed by atoms with Crippen LogP contribution in [0.2, 0.25) is 0 Å². The maximum atomic E-state index is 13.3. The highest BCUT2D eigenvalue weighted by Crippen LogP contribution is 2.21. The number of nitrogens with zero attached hydrogens (tertiary/aromatic N) is 1. The van der Waals surface area contributed by atoms with Crippen LogP contribution >= 0.6 is 0 Å². The first-order valence-corrected chi connectivity index (χ1v) is 5.41. The van der Waals surface area contributed by atoms with Crippen molar-refractivity contribution in [2.24, 2.45) is 5.73 Å². The van der Waals surface area contributed by atoms with E-state index in [0.29, 0.717) is 12.2 Å². The highest BCUT2D eigenvalue weighted by molar-refractivity contribution is 5.26. The molecular formula is C13H12F2N2O. The largest absolute Gasteiger partial charge is 0.483 e. The molecule has 0 aliphatic rings. The summed E-state index contributed by atoms with van der Waals surface area (Å²) >= 11 is 0. The van der Waals surface area contributed by atoms with Gasteiger partial charge in [0.2, 0.25) is 0 Å². The maximum Gasteiger partial charge on any atom is 0.191 e. The van der Waals surface area contributed by atoms with Gasteiger partial charge in [-0.05, 0) is 29.8 Å². The highest BCUT2D eigenvalue weighted by Gasteiger charge is 2.09. The molecule has 94 valence electrons. The molecule has 0 fully saturated rings. The number of ether oxygens (including phenoxy) is 1. The van der Waals surface area contributed by atoms with Crippen molar-refractivity contribution in [3.63, 3.8) is 0 Å². The third-order valence-electron chi connectivity index (χ3n) is 2.39. The van der Waals surface area contributed by atoms with Gasteiger partial charge < -0.3 is 10.5 Å². The van der Waals surface area contributed by atoms with Crippen LogP contribution in [0.4, 0.5) is 8.78 Å². The zero-order valence-electron chi connectivity index (χ0n) is 9.57. The van der Waals surface area contributed by atoms with Crippen LogP contribution in [0.3, 0.4) is 0 Å². The van der Waals surface area contributed by atoms with E-state index in [4.69, 9.17) is 10.5 Å². The SMILES string of the molecule is NCc1cc(COc2c(F)cccc2F)ccn1. The van der Waals surface area contributed by atoms with Gasteiger partial charge in [0, 0.05) is 12.7 Å². The minimum atomic E-state index is -0.719. The summed E-state index contributed by atoms with van der Waals surface area (Å²) in [6, 6.07) is 7.03. The van der Waals surface area contributed by atoms with Crippen LogP contribution in [-0.4, -0.2) is 4.98 Å². The van der Waals surface area contributed by atoms with E-state index in [1.54, 1.807) is 18.3 Å². The quantitative estimate of drug-likeness (QED) is 0.906. The van der Waals surface area contributed by atoms with Crippen LogP contribution < -0.4 is 10.5 Å². The standard InChI is InChI=1S/C13H12F2N2O/c14-11-2-1-3-12(15)13(11)18-8-9-4-5-17-10(6-9)7-16/h1-6H,7-8,16H2. The molecule has 0 saturated carbocycles. The van der Waals surface area contributed by atoms with Crippen molar-refractivity contribution >= 4 is 0 Å². The van der Waals surface area contributed by atoms with Crippen molar-refractivity contribution in [2.75, 3.05) is 0 Å².